The molecular formula is C19H14N8OS2. The number of nitrogens with zero attached hydrogens (tertiary/aromatic N) is 6. The Morgan fingerprint density at radius 2 is 2.17 bits per heavy atom. The van der Waals surface area contributed by atoms with Crippen molar-refractivity contribution in [2.24, 2.45) is 0 Å². The molecule has 5 heterocycles. The van der Waals surface area contributed by atoms with E-state index in [9.17, 15) is 4.79 Å². The standard InChI is InChI=1S/C19H14N8OS2/c1-29-19-24-18(25-26-19)23-17(28)15-5-12(10-30-15)14-8-22-27-9-13(7-21-16(14)27)11-3-2-4-20-6-11/h2-10H,1H3,(H2,23,24,25,26,28). The molecule has 0 spiro atoms. The van der Waals surface area contributed by atoms with E-state index in [1.165, 1.54) is 23.1 Å². The van der Waals surface area contributed by atoms with Gasteiger partial charge in [0.1, 0.15) is 0 Å². The molecule has 9 nitrogen and oxygen atoms in total. The highest BCUT2D eigenvalue weighted by Crippen LogP contribution is 2.29. The van der Waals surface area contributed by atoms with E-state index in [4.69, 9.17) is 0 Å². The van der Waals surface area contributed by atoms with Gasteiger partial charge in [0.15, 0.2) is 10.8 Å². The maximum atomic E-state index is 12.5. The van der Waals surface area contributed by atoms with Gasteiger partial charge in [0.25, 0.3) is 5.91 Å². The molecule has 0 aliphatic rings. The number of aromatic nitrogens is 7. The molecule has 11 heteroatoms. The van der Waals surface area contributed by atoms with Crippen molar-refractivity contribution in [2.75, 3.05) is 11.6 Å². The van der Waals surface area contributed by atoms with E-state index in [-0.39, 0.29) is 11.9 Å². The summed E-state index contributed by atoms with van der Waals surface area (Å²) in [5.41, 5.74) is 4.33. The SMILES string of the molecule is CSc1nc(NC(=O)c2cc(-c3cnn4cc(-c5cccnc5)cnc34)cs2)n[nH]1. The van der Waals surface area contributed by atoms with E-state index < -0.39 is 0 Å². The molecule has 0 aliphatic heterocycles. The number of hydrogen-bond donors (Lipinski definition) is 2. The minimum absolute atomic E-state index is 0.250. The number of aromatic amines is 1. The van der Waals surface area contributed by atoms with Crippen LogP contribution in [0.5, 0.6) is 0 Å². The summed E-state index contributed by atoms with van der Waals surface area (Å²) in [5, 5.41) is 16.4. The van der Waals surface area contributed by atoms with Gasteiger partial charge < -0.3 is 0 Å². The fraction of sp³-hybridized carbons (Fsp3) is 0.0526. The molecule has 0 bridgehead atoms. The van der Waals surface area contributed by atoms with Crippen LogP contribution >= 0.6 is 23.1 Å². The Bertz CT molecular complexity index is 1340. The summed E-state index contributed by atoms with van der Waals surface area (Å²) in [7, 11) is 0. The predicted octanol–water partition coefficient (Wildman–Crippen LogP) is 3.61. The number of hydrogen-bond acceptors (Lipinski definition) is 8. The number of pyridine rings is 1. The van der Waals surface area contributed by atoms with Gasteiger partial charge in [0.05, 0.1) is 11.1 Å². The minimum Gasteiger partial charge on any atom is -0.288 e. The fourth-order valence-corrected chi connectivity index (χ4v) is 4.03. The predicted molar refractivity (Wildman–Crippen MR) is 116 cm³/mol. The van der Waals surface area contributed by atoms with E-state index in [0.29, 0.717) is 15.7 Å². The number of rotatable bonds is 5. The van der Waals surface area contributed by atoms with Crippen LogP contribution in [0.4, 0.5) is 5.95 Å². The van der Waals surface area contributed by atoms with Gasteiger partial charge >= 0.3 is 0 Å². The molecule has 5 aromatic heterocycles. The molecule has 0 saturated heterocycles. The highest BCUT2D eigenvalue weighted by atomic mass is 32.2. The molecule has 1 amide bonds. The molecule has 0 aromatic carbocycles. The van der Waals surface area contributed by atoms with E-state index in [2.05, 4.69) is 35.6 Å². The van der Waals surface area contributed by atoms with Crippen molar-refractivity contribution in [1.29, 1.82) is 0 Å². The summed E-state index contributed by atoms with van der Waals surface area (Å²) in [4.78, 5) is 26.0. The first-order valence-corrected chi connectivity index (χ1v) is 10.9. The molecule has 0 unspecified atom stereocenters. The summed E-state index contributed by atoms with van der Waals surface area (Å²) in [6, 6.07) is 5.67. The van der Waals surface area contributed by atoms with Crippen LogP contribution in [-0.2, 0) is 0 Å². The molecule has 0 atom stereocenters. The minimum atomic E-state index is -0.263. The molecular weight excluding hydrogens is 420 g/mol. The van der Waals surface area contributed by atoms with Gasteiger partial charge in [-0.3, -0.25) is 20.2 Å². The third kappa shape index (κ3) is 3.44. The molecule has 5 rings (SSSR count). The third-order valence-electron chi connectivity index (χ3n) is 4.37. The maximum Gasteiger partial charge on any atom is 0.268 e. The average Bonchev–Trinajstić information content (AvgIpc) is 3.53. The summed E-state index contributed by atoms with van der Waals surface area (Å²) in [6.07, 6.45) is 10.9. The third-order valence-corrected chi connectivity index (χ3v) is 5.87. The van der Waals surface area contributed by atoms with Crippen molar-refractivity contribution in [3.05, 3.63) is 59.4 Å². The van der Waals surface area contributed by atoms with Crippen molar-refractivity contribution in [1.82, 2.24) is 34.8 Å². The number of thiophene rings is 1. The van der Waals surface area contributed by atoms with Gasteiger partial charge in [0.2, 0.25) is 5.95 Å². The number of amides is 1. The Labute approximate surface area is 178 Å². The molecule has 0 saturated carbocycles. The molecule has 0 radical (unpaired) electrons. The lowest BCUT2D eigenvalue weighted by atomic mass is 10.1. The lowest BCUT2D eigenvalue weighted by molar-refractivity contribution is 0.102. The van der Waals surface area contributed by atoms with Gasteiger partial charge in [-0.15, -0.1) is 16.4 Å². The van der Waals surface area contributed by atoms with Gasteiger partial charge in [-0.2, -0.15) is 10.1 Å². The number of H-pyrrole nitrogens is 1. The Morgan fingerprint density at radius 1 is 1.23 bits per heavy atom. The number of fused-ring (bicyclic) bond motifs is 1. The van der Waals surface area contributed by atoms with Crippen molar-refractivity contribution >= 4 is 40.6 Å². The summed E-state index contributed by atoms with van der Waals surface area (Å²) >= 11 is 2.76. The quantitative estimate of drug-likeness (QED) is 0.406. The molecule has 148 valence electrons. The number of anilines is 1. The number of carbonyl (C=O) groups excluding carboxylic acids is 1. The molecule has 0 fully saturated rings. The van der Waals surface area contributed by atoms with Crippen LogP contribution < -0.4 is 5.32 Å². The van der Waals surface area contributed by atoms with Crippen LogP contribution in [0, 0.1) is 0 Å². The fourth-order valence-electron chi connectivity index (χ4n) is 2.91. The van der Waals surface area contributed by atoms with Crippen molar-refractivity contribution in [2.45, 2.75) is 5.16 Å². The van der Waals surface area contributed by atoms with Crippen molar-refractivity contribution in [3.8, 4) is 22.3 Å². The van der Waals surface area contributed by atoms with Crippen molar-refractivity contribution < 1.29 is 4.79 Å². The Hall–Kier alpha value is -3.57. The molecule has 2 N–H and O–H groups in total. The zero-order valence-electron chi connectivity index (χ0n) is 15.6. The summed E-state index contributed by atoms with van der Waals surface area (Å²) in [6.45, 7) is 0. The highest BCUT2D eigenvalue weighted by molar-refractivity contribution is 7.98. The zero-order valence-corrected chi connectivity index (χ0v) is 17.2. The Kier molecular flexibility index (Phi) is 4.73. The maximum absolute atomic E-state index is 12.5. The van der Waals surface area contributed by atoms with Crippen LogP contribution in [0.15, 0.2) is 59.7 Å². The summed E-state index contributed by atoms with van der Waals surface area (Å²) < 4.78 is 1.73. The number of carbonyl (C=O) groups is 1. The smallest absolute Gasteiger partial charge is 0.268 e. The first-order valence-electron chi connectivity index (χ1n) is 8.82. The Balaban J connectivity index is 1.41. The second-order valence-electron chi connectivity index (χ2n) is 6.23. The molecule has 30 heavy (non-hydrogen) atoms. The largest absolute Gasteiger partial charge is 0.288 e. The number of thioether (sulfide) groups is 1. The first kappa shape index (κ1) is 18.5. The first-order chi connectivity index (χ1) is 14.7. The van der Waals surface area contributed by atoms with Gasteiger partial charge in [-0.25, -0.2) is 9.50 Å². The molecule has 0 aliphatic carbocycles. The zero-order chi connectivity index (χ0) is 20.5. The average molecular weight is 435 g/mol. The van der Waals surface area contributed by atoms with Gasteiger partial charge in [0, 0.05) is 41.5 Å². The van der Waals surface area contributed by atoms with Gasteiger partial charge in [-0.05, 0) is 29.3 Å². The topological polar surface area (TPSA) is 114 Å². The van der Waals surface area contributed by atoms with E-state index >= 15 is 0 Å². The van der Waals surface area contributed by atoms with E-state index in [1.54, 1.807) is 29.3 Å². The summed E-state index contributed by atoms with van der Waals surface area (Å²) in [5.74, 6) is -0.0129. The van der Waals surface area contributed by atoms with Crippen molar-refractivity contribution in [3.63, 3.8) is 0 Å². The van der Waals surface area contributed by atoms with Crippen LogP contribution in [0.3, 0.4) is 0 Å². The van der Waals surface area contributed by atoms with Crippen LogP contribution in [0.1, 0.15) is 9.67 Å². The second kappa shape index (κ2) is 7.69. The van der Waals surface area contributed by atoms with Crippen LogP contribution in [0.25, 0.3) is 27.9 Å². The monoisotopic (exact) mass is 434 g/mol. The Morgan fingerprint density at radius 3 is 2.97 bits per heavy atom. The highest BCUT2D eigenvalue weighted by Gasteiger charge is 2.16. The van der Waals surface area contributed by atoms with E-state index in [0.717, 1.165) is 22.3 Å². The lowest BCUT2D eigenvalue weighted by Gasteiger charge is -2.02. The van der Waals surface area contributed by atoms with E-state index in [1.807, 2.05) is 36.0 Å². The second-order valence-corrected chi connectivity index (χ2v) is 7.94. The van der Waals surface area contributed by atoms with Crippen LogP contribution in [-0.4, -0.2) is 46.9 Å². The molecule has 5 aromatic rings. The lowest BCUT2D eigenvalue weighted by Crippen LogP contribution is -2.11. The normalized spacial score (nSPS) is 11.1. The van der Waals surface area contributed by atoms with Gasteiger partial charge in [-0.1, -0.05) is 17.8 Å². The number of nitrogens with one attached hydrogen (secondary N) is 2. The van der Waals surface area contributed by atoms with Crippen LogP contribution in [0.2, 0.25) is 0 Å².